The first-order valence-electron chi connectivity index (χ1n) is 7.58. The summed E-state index contributed by atoms with van der Waals surface area (Å²) in [7, 11) is -0.982. The lowest BCUT2D eigenvalue weighted by atomic mass is 10.0. The molecule has 1 amide bonds. The normalized spacial score (nSPS) is 32.1. The van der Waals surface area contributed by atoms with Gasteiger partial charge in [0.15, 0.2) is 0 Å². The molecular weight excluding hydrogens is 276 g/mol. The molecule has 0 bridgehead atoms. The van der Waals surface area contributed by atoms with Crippen molar-refractivity contribution >= 4 is 15.7 Å². The Hall–Kier alpha value is -0.620. The van der Waals surface area contributed by atoms with Crippen LogP contribution in [-0.4, -0.2) is 56.9 Å². The Morgan fingerprint density at radius 1 is 1.20 bits per heavy atom. The second kappa shape index (κ2) is 6.43. The van der Waals surface area contributed by atoms with Crippen LogP contribution in [-0.2, 0) is 14.6 Å². The van der Waals surface area contributed by atoms with E-state index in [4.69, 9.17) is 0 Å². The Balaban J connectivity index is 1.97. The molecule has 2 saturated heterocycles. The first kappa shape index (κ1) is 15.8. The molecular formula is C14H26N2O3S. The maximum atomic E-state index is 12.5. The van der Waals surface area contributed by atoms with Gasteiger partial charge in [-0.1, -0.05) is 6.92 Å². The first-order valence-corrected chi connectivity index (χ1v) is 9.40. The SMILES string of the molecule is CNC1CCC(C)CN(CC2CCS(=O)(=O)CC2)C1=O. The van der Waals surface area contributed by atoms with Crippen LogP contribution in [0.4, 0.5) is 0 Å². The number of carbonyl (C=O) groups excluding carboxylic acids is 1. The molecule has 2 unspecified atom stereocenters. The maximum absolute atomic E-state index is 12.5. The van der Waals surface area contributed by atoms with Crippen LogP contribution in [0.25, 0.3) is 0 Å². The van der Waals surface area contributed by atoms with Crippen LogP contribution >= 0.6 is 0 Å². The lowest BCUT2D eigenvalue weighted by Crippen LogP contribution is -2.46. The zero-order valence-electron chi connectivity index (χ0n) is 12.5. The van der Waals surface area contributed by atoms with Gasteiger partial charge in [-0.05, 0) is 44.6 Å². The summed E-state index contributed by atoms with van der Waals surface area (Å²) in [6.45, 7) is 3.71. The fourth-order valence-corrected chi connectivity index (χ4v) is 4.81. The molecule has 0 spiro atoms. The van der Waals surface area contributed by atoms with Crippen molar-refractivity contribution in [2.24, 2.45) is 11.8 Å². The minimum Gasteiger partial charge on any atom is -0.341 e. The molecule has 20 heavy (non-hydrogen) atoms. The molecule has 5 nitrogen and oxygen atoms in total. The van der Waals surface area contributed by atoms with Crippen LogP contribution < -0.4 is 5.32 Å². The number of likely N-dealkylation sites (tertiary alicyclic amines) is 1. The average molecular weight is 302 g/mol. The molecule has 0 radical (unpaired) electrons. The quantitative estimate of drug-likeness (QED) is 0.831. The third-order valence-electron chi connectivity index (χ3n) is 4.59. The highest BCUT2D eigenvalue weighted by Crippen LogP contribution is 2.23. The van der Waals surface area contributed by atoms with Crippen LogP contribution in [0.2, 0.25) is 0 Å². The summed E-state index contributed by atoms with van der Waals surface area (Å²) >= 11 is 0. The molecule has 2 heterocycles. The standard InChI is InChI=1S/C14H26N2O3S/c1-11-3-4-13(15-2)14(17)16(9-11)10-12-5-7-20(18,19)8-6-12/h11-13,15H,3-10H2,1-2H3. The number of sulfone groups is 1. The monoisotopic (exact) mass is 302 g/mol. The number of carbonyl (C=O) groups is 1. The molecule has 0 aromatic carbocycles. The molecule has 0 aromatic rings. The van der Waals surface area contributed by atoms with E-state index >= 15 is 0 Å². The number of nitrogens with one attached hydrogen (secondary N) is 1. The molecule has 0 aliphatic carbocycles. The van der Waals surface area contributed by atoms with E-state index in [-0.39, 0.29) is 23.5 Å². The van der Waals surface area contributed by atoms with E-state index < -0.39 is 9.84 Å². The average Bonchev–Trinajstić information content (AvgIpc) is 2.52. The highest BCUT2D eigenvalue weighted by Gasteiger charge is 2.32. The summed E-state index contributed by atoms with van der Waals surface area (Å²) in [5.74, 6) is 1.61. The third kappa shape index (κ3) is 3.95. The predicted octanol–water partition coefficient (Wildman–Crippen LogP) is 0.658. The van der Waals surface area contributed by atoms with Gasteiger partial charge in [-0.15, -0.1) is 0 Å². The molecule has 2 rings (SSSR count). The summed E-state index contributed by atoms with van der Waals surface area (Å²) in [5, 5.41) is 3.11. The van der Waals surface area contributed by atoms with Crippen LogP contribution in [0.15, 0.2) is 0 Å². The van der Waals surface area contributed by atoms with Crippen molar-refractivity contribution in [3.8, 4) is 0 Å². The largest absolute Gasteiger partial charge is 0.341 e. The van der Waals surface area contributed by atoms with Crippen molar-refractivity contribution in [2.75, 3.05) is 31.6 Å². The third-order valence-corrected chi connectivity index (χ3v) is 6.31. The van der Waals surface area contributed by atoms with Gasteiger partial charge in [-0.2, -0.15) is 0 Å². The molecule has 1 N–H and O–H groups in total. The summed E-state index contributed by atoms with van der Waals surface area (Å²) in [4.78, 5) is 14.4. The van der Waals surface area contributed by atoms with Crippen molar-refractivity contribution < 1.29 is 13.2 Å². The smallest absolute Gasteiger partial charge is 0.239 e. The number of hydrogen-bond donors (Lipinski definition) is 1. The highest BCUT2D eigenvalue weighted by molar-refractivity contribution is 7.91. The Morgan fingerprint density at radius 3 is 2.45 bits per heavy atom. The summed E-state index contributed by atoms with van der Waals surface area (Å²) in [5.41, 5.74) is 0. The van der Waals surface area contributed by atoms with Gasteiger partial charge in [0.2, 0.25) is 5.91 Å². The van der Waals surface area contributed by atoms with Crippen LogP contribution in [0.5, 0.6) is 0 Å². The van der Waals surface area contributed by atoms with Crippen molar-refractivity contribution in [1.29, 1.82) is 0 Å². The predicted molar refractivity (Wildman–Crippen MR) is 79.2 cm³/mol. The van der Waals surface area contributed by atoms with Crippen molar-refractivity contribution in [3.05, 3.63) is 0 Å². The Labute approximate surface area is 122 Å². The van der Waals surface area contributed by atoms with E-state index in [9.17, 15) is 13.2 Å². The zero-order chi connectivity index (χ0) is 14.8. The van der Waals surface area contributed by atoms with E-state index in [1.54, 1.807) is 0 Å². The van der Waals surface area contributed by atoms with Gasteiger partial charge in [0.05, 0.1) is 17.5 Å². The molecule has 2 atom stereocenters. The molecule has 0 saturated carbocycles. The lowest BCUT2D eigenvalue weighted by Gasteiger charge is -2.31. The van der Waals surface area contributed by atoms with Crippen LogP contribution in [0.1, 0.15) is 32.6 Å². The number of hydrogen-bond acceptors (Lipinski definition) is 4. The van der Waals surface area contributed by atoms with Crippen LogP contribution in [0, 0.1) is 11.8 Å². The Kier molecular flexibility index (Phi) is 5.07. The summed E-state index contributed by atoms with van der Waals surface area (Å²) < 4.78 is 22.9. The summed E-state index contributed by atoms with van der Waals surface area (Å²) in [6.07, 6.45) is 3.36. The van der Waals surface area contributed by atoms with E-state index in [0.717, 1.165) is 25.9 Å². The Morgan fingerprint density at radius 2 is 1.85 bits per heavy atom. The number of likely N-dealkylation sites (N-methyl/N-ethyl adjacent to an activating group) is 1. The van der Waals surface area contributed by atoms with Gasteiger partial charge >= 0.3 is 0 Å². The maximum Gasteiger partial charge on any atom is 0.239 e. The van der Waals surface area contributed by atoms with Gasteiger partial charge in [0.25, 0.3) is 0 Å². The molecule has 2 aliphatic heterocycles. The molecule has 0 aromatic heterocycles. The Bertz CT molecular complexity index is 435. The fourth-order valence-electron chi connectivity index (χ4n) is 3.22. The summed E-state index contributed by atoms with van der Waals surface area (Å²) in [6, 6.07) is -0.0766. The second-order valence-electron chi connectivity index (χ2n) is 6.36. The van der Waals surface area contributed by atoms with E-state index in [1.807, 2.05) is 11.9 Å². The molecule has 116 valence electrons. The lowest BCUT2D eigenvalue weighted by molar-refractivity contribution is -0.133. The number of nitrogens with zero attached hydrogens (tertiary/aromatic N) is 1. The van der Waals surface area contributed by atoms with E-state index in [2.05, 4.69) is 12.2 Å². The van der Waals surface area contributed by atoms with E-state index in [1.165, 1.54) is 0 Å². The van der Waals surface area contributed by atoms with Gasteiger partial charge in [0, 0.05) is 13.1 Å². The van der Waals surface area contributed by atoms with Crippen molar-refractivity contribution in [2.45, 2.75) is 38.6 Å². The van der Waals surface area contributed by atoms with E-state index in [0.29, 0.717) is 24.7 Å². The number of amides is 1. The van der Waals surface area contributed by atoms with Crippen molar-refractivity contribution in [1.82, 2.24) is 10.2 Å². The van der Waals surface area contributed by atoms with Gasteiger partial charge in [-0.25, -0.2) is 8.42 Å². The molecule has 2 fully saturated rings. The first-order chi connectivity index (χ1) is 9.41. The minimum absolute atomic E-state index is 0.0766. The molecule has 2 aliphatic rings. The molecule has 6 heteroatoms. The topological polar surface area (TPSA) is 66.5 Å². The minimum atomic E-state index is -2.82. The van der Waals surface area contributed by atoms with Gasteiger partial charge < -0.3 is 10.2 Å². The number of rotatable bonds is 3. The zero-order valence-corrected chi connectivity index (χ0v) is 13.3. The highest BCUT2D eigenvalue weighted by atomic mass is 32.2. The van der Waals surface area contributed by atoms with Crippen molar-refractivity contribution in [3.63, 3.8) is 0 Å². The van der Waals surface area contributed by atoms with Gasteiger partial charge in [0.1, 0.15) is 9.84 Å². The van der Waals surface area contributed by atoms with Crippen LogP contribution in [0.3, 0.4) is 0 Å². The fraction of sp³-hybridized carbons (Fsp3) is 0.929. The van der Waals surface area contributed by atoms with Gasteiger partial charge in [-0.3, -0.25) is 4.79 Å². The second-order valence-corrected chi connectivity index (χ2v) is 8.67.